The maximum Gasteiger partial charge on any atom is 0.161 e. The molecule has 0 saturated heterocycles. The van der Waals surface area contributed by atoms with Crippen molar-refractivity contribution in [1.82, 2.24) is 0 Å². The van der Waals surface area contributed by atoms with Crippen molar-refractivity contribution in [2.24, 2.45) is 11.8 Å². The third-order valence-corrected chi connectivity index (χ3v) is 4.27. The molecule has 2 aliphatic carbocycles. The van der Waals surface area contributed by atoms with Crippen LogP contribution in [0.15, 0.2) is 18.2 Å². The zero-order chi connectivity index (χ0) is 11.8. The van der Waals surface area contributed by atoms with Crippen molar-refractivity contribution in [3.8, 4) is 11.5 Å². The average Bonchev–Trinajstić information content (AvgIpc) is 2.91. The van der Waals surface area contributed by atoms with E-state index in [0.29, 0.717) is 6.10 Å². The van der Waals surface area contributed by atoms with Gasteiger partial charge in [-0.2, -0.15) is 0 Å². The van der Waals surface area contributed by atoms with Crippen molar-refractivity contribution < 1.29 is 9.47 Å². The first-order valence-corrected chi connectivity index (χ1v) is 6.57. The molecule has 2 nitrogen and oxygen atoms in total. The topological polar surface area (TPSA) is 18.5 Å². The Hall–Kier alpha value is -1.18. The molecule has 17 heavy (non-hydrogen) atoms. The van der Waals surface area contributed by atoms with Gasteiger partial charge in [0.2, 0.25) is 0 Å². The maximum atomic E-state index is 6.19. The van der Waals surface area contributed by atoms with Gasteiger partial charge in [-0.25, -0.2) is 0 Å². The SMILES string of the molecule is COc1ccc(C)cc1O[C@H]1CC2CCC1C2. The molecule has 2 fully saturated rings. The van der Waals surface area contributed by atoms with Crippen LogP contribution in [0.3, 0.4) is 0 Å². The number of aryl methyl sites for hydroxylation is 1. The summed E-state index contributed by atoms with van der Waals surface area (Å²) in [6.45, 7) is 2.09. The highest BCUT2D eigenvalue weighted by molar-refractivity contribution is 5.42. The fourth-order valence-electron chi connectivity index (χ4n) is 3.37. The van der Waals surface area contributed by atoms with Gasteiger partial charge in [-0.3, -0.25) is 0 Å². The number of benzene rings is 1. The van der Waals surface area contributed by atoms with Crippen molar-refractivity contribution in [2.75, 3.05) is 7.11 Å². The molecule has 2 aliphatic rings. The van der Waals surface area contributed by atoms with Gasteiger partial charge in [-0.05, 0) is 62.1 Å². The fourth-order valence-corrected chi connectivity index (χ4v) is 3.37. The van der Waals surface area contributed by atoms with E-state index < -0.39 is 0 Å². The zero-order valence-electron chi connectivity index (χ0n) is 10.6. The van der Waals surface area contributed by atoms with E-state index >= 15 is 0 Å². The first-order chi connectivity index (χ1) is 8.26. The summed E-state index contributed by atoms with van der Waals surface area (Å²) >= 11 is 0. The highest BCUT2D eigenvalue weighted by Gasteiger charge is 2.41. The van der Waals surface area contributed by atoms with Gasteiger partial charge < -0.3 is 9.47 Å². The van der Waals surface area contributed by atoms with Gasteiger partial charge in [0.05, 0.1) is 7.11 Å². The van der Waals surface area contributed by atoms with Crippen molar-refractivity contribution in [3.05, 3.63) is 23.8 Å². The zero-order valence-corrected chi connectivity index (χ0v) is 10.6. The van der Waals surface area contributed by atoms with Crippen LogP contribution in [-0.2, 0) is 0 Å². The predicted molar refractivity (Wildman–Crippen MR) is 67.6 cm³/mol. The Labute approximate surface area is 103 Å². The number of ether oxygens (including phenoxy) is 2. The number of hydrogen-bond acceptors (Lipinski definition) is 2. The van der Waals surface area contributed by atoms with Crippen LogP contribution in [-0.4, -0.2) is 13.2 Å². The highest BCUT2D eigenvalue weighted by atomic mass is 16.5. The molecule has 2 saturated carbocycles. The minimum atomic E-state index is 0.421. The normalized spacial score (nSPS) is 30.6. The van der Waals surface area contributed by atoms with E-state index in [4.69, 9.17) is 9.47 Å². The second kappa shape index (κ2) is 4.25. The lowest BCUT2D eigenvalue weighted by Crippen LogP contribution is -2.23. The van der Waals surface area contributed by atoms with Crippen LogP contribution >= 0.6 is 0 Å². The third kappa shape index (κ3) is 2.01. The molecule has 0 radical (unpaired) electrons. The second-order valence-electron chi connectivity index (χ2n) is 5.49. The minimum Gasteiger partial charge on any atom is -0.493 e. The standard InChI is InChI=1S/C15H20O2/c1-10-3-6-13(16-2)15(7-10)17-14-9-11-4-5-12(14)8-11/h3,6-7,11-12,14H,4-5,8-9H2,1-2H3/t11?,12?,14-/m0/s1. The van der Waals surface area contributed by atoms with E-state index in [1.165, 1.54) is 31.2 Å². The van der Waals surface area contributed by atoms with Crippen LogP contribution < -0.4 is 9.47 Å². The smallest absolute Gasteiger partial charge is 0.161 e. The van der Waals surface area contributed by atoms with Gasteiger partial charge in [0.25, 0.3) is 0 Å². The molecule has 0 aliphatic heterocycles. The largest absolute Gasteiger partial charge is 0.493 e. The van der Waals surface area contributed by atoms with Crippen molar-refractivity contribution in [1.29, 1.82) is 0 Å². The van der Waals surface area contributed by atoms with E-state index in [9.17, 15) is 0 Å². The Kier molecular flexibility index (Phi) is 2.73. The molecule has 3 atom stereocenters. The lowest BCUT2D eigenvalue weighted by atomic mass is 9.98. The third-order valence-electron chi connectivity index (χ3n) is 4.27. The predicted octanol–water partition coefficient (Wildman–Crippen LogP) is 3.57. The van der Waals surface area contributed by atoms with E-state index in [-0.39, 0.29) is 0 Å². The van der Waals surface area contributed by atoms with Crippen LogP contribution in [0, 0.1) is 18.8 Å². The molecule has 2 unspecified atom stereocenters. The Balaban J connectivity index is 1.78. The van der Waals surface area contributed by atoms with E-state index in [2.05, 4.69) is 19.1 Å². The molecule has 0 heterocycles. The summed E-state index contributed by atoms with van der Waals surface area (Å²) in [6, 6.07) is 6.15. The molecule has 3 rings (SSSR count). The molecular weight excluding hydrogens is 212 g/mol. The van der Waals surface area contributed by atoms with Gasteiger partial charge in [0.15, 0.2) is 11.5 Å². The van der Waals surface area contributed by atoms with Crippen LogP contribution in [0.25, 0.3) is 0 Å². The molecule has 1 aromatic rings. The minimum absolute atomic E-state index is 0.421. The summed E-state index contributed by atoms with van der Waals surface area (Å²) in [4.78, 5) is 0. The van der Waals surface area contributed by atoms with E-state index in [0.717, 1.165) is 23.3 Å². The fraction of sp³-hybridized carbons (Fsp3) is 0.600. The number of hydrogen-bond donors (Lipinski definition) is 0. The molecule has 1 aromatic carbocycles. The molecule has 2 heteroatoms. The van der Waals surface area contributed by atoms with Crippen LogP contribution in [0.4, 0.5) is 0 Å². The quantitative estimate of drug-likeness (QED) is 0.793. The van der Waals surface area contributed by atoms with Gasteiger partial charge in [0, 0.05) is 0 Å². The maximum absolute atomic E-state index is 6.19. The Morgan fingerprint density at radius 2 is 2.00 bits per heavy atom. The van der Waals surface area contributed by atoms with Gasteiger partial charge >= 0.3 is 0 Å². The number of rotatable bonds is 3. The summed E-state index contributed by atoms with van der Waals surface area (Å²) in [7, 11) is 1.71. The highest BCUT2D eigenvalue weighted by Crippen LogP contribution is 2.46. The van der Waals surface area contributed by atoms with E-state index in [1.807, 2.05) is 6.07 Å². The summed E-state index contributed by atoms with van der Waals surface area (Å²) in [5, 5.41) is 0. The first-order valence-electron chi connectivity index (χ1n) is 6.57. The summed E-state index contributed by atoms with van der Waals surface area (Å²) in [5.74, 6) is 3.48. The summed E-state index contributed by atoms with van der Waals surface area (Å²) in [5.41, 5.74) is 1.23. The molecular formula is C15H20O2. The molecule has 92 valence electrons. The van der Waals surface area contributed by atoms with Crippen molar-refractivity contribution >= 4 is 0 Å². The molecule has 2 bridgehead atoms. The van der Waals surface area contributed by atoms with Gasteiger partial charge in [-0.15, -0.1) is 0 Å². The number of methoxy groups -OCH3 is 1. The Morgan fingerprint density at radius 1 is 1.12 bits per heavy atom. The summed E-state index contributed by atoms with van der Waals surface area (Å²) < 4.78 is 11.6. The molecule has 0 spiro atoms. The Morgan fingerprint density at radius 3 is 2.65 bits per heavy atom. The lowest BCUT2D eigenvalue weighted by molar-refractivity contribution is 0.133. The van der Waals surface area contributed by atoms with E-state index in [1.54, 1.807) is 7.11 Å². The average molecular weight is 232 g/mol. The number of fused-ring (bicyclic) bond motifs is 2. The van der Waals surface area contributed by atoms with Gasteiger partial charge in [-0.1, -0.05) is 6.07 Å². The molecule has 0 N–H and O–H groups in total. The Bertz CT molecular complexity index is 413. The molecule has 0 amide bonds. The second-order valence-corrected chi connectivity index (χ2v) is 5.49. The van der Waals surface area contributed by atoms with Crippen LogP contribution in [0.2, 0.25) is 0 Å². The van der Waals surface area contributed by atoms with Gasteiger partial charge in [0.1, 0.15) is 6.10 Å². The summed E-state index contributed by atoms with van der Waals surface area (Å²) in [6.07, 6.45) is 5.80. The monoisotopic (exact) mass is 232 g/mol. The van der Waals surface area contributed by atoms with Crippen molar-refractivity contribution in [2.45, 2.75) is 38.7 Å². The van der Waals surface area contributed by atoms with Crippen molar-refractivity contribution in [3.63, 3.8) is 0 Å². The molecule has 0 aromatic heterocycles. The van der Waals surface area contributed by atoms with Crippen LogP contribution in [0.5, 0.6) is 11.5 Å². The van der Waals surface area contributed by atoms with Crippen LogP contribution in [0.1, 0.15) is 31.2 Å². The first kappa shape index (κ1) is 10.9. The lowest BCUT2D eigenvalue weighted by Gasteiger charge is -2.24.